The zero-order valence-electron chi connectivity index (χ0n) is 8.77. The largest absolute Gasteiger partial charge is 0.507 e. The van der Waals surface area contributed by atoms with Crippen LogP contribution in [-0.2, 0) is 6.54 Å². The third-order valence-electron chi connectivity index (χ3n) is 2.22. The van der Waals surface area contributed by atoms with E-state index in [1.807, 2.05) is 0 Å². The fourth-order valence-electron chi connectivity index (χ4n) is 1.38. The molecule has 0 saturated heterocycles. The highest BCUT2D eigenvalue weighted by Crippen LogP contribution is 2.19. The number of rotatable bonds is 3. The second-order valence-corrected chi connectivity index (χ2v) is 3.40. The summed E-state index contributed by atoms with van der Waals surface area (Å²) in [4.78, 5) is 11.6. The molecule has 0 saturated carbocycles. The van der Waals surface area contributed by atoms with E-state index in [-0.39, 0.29) is 17.9 Å². The van der Waals surface area contributed by atoms with Gasteiger partial charge in [-0.3, -0.25) is 9.89 Å². The Kier molecular flexibility index (Phi) is 3.04. The molecule has 0 unspecified atom stereocenters. The fourth-order valence-corrected chi connectivity index (χ4v) is 1.38. The Hall–Kier alpha value is -2.37. The number of benzene rings is 1. The van der Waals surface area contributed by atoms with Gasteiger partial charge in [0.15, 0.2) is 0 Å². The molecule has 6 heteroatoms. The predicted molar refractivity (Wildman–Crippen MR) is 57.8 cm³/mol. The number of nitrogens with zero attached hydrogens (tertiary/aromatic N) is 1. The van der Waals surface area contributed by atoms with Crippen molar-refractivity contribution in [3.05, 3.63) is 47.5 Å². The normalized spacial score (nSPS) is 10.2. The quantitative estimate of drug-likeness (QED) is 0.747. The molecule has 1 amide bonds. The zero-order chi connectivity index (χ0) is 12.3. The van der Waals surface area contributed by atoms with Crippen LogP contribution in [0.2, 0.25) is 0 Å². The smallest absolute Gasteiger partial charge is 0.258 e. The first-order valence-corrected chi connectivity index (χ1v) is 4.92. The number of aromatic hydroxyl groups is 1. The van der Waals surface area contributed by atoms with E-state index in [9.17, 15) is 14.3 Å². The van der Waals surface area contributed by atoms with Gasteiger partial charge in [0.25, 0.3) is 5.91 Å². The molecule has 0 aliphatic rings. The van der Waals surface area contributed by atoms with Gasteiger partial charge in [0, 0.05) is 6.20 Å². The molecule has 0 atom stereocenters. The first-order chi connectivity index (χ1) is 8.18. The van der Waals surface area contributed by atoms with E-state index >= 15 is 0 Å². The van der Waals surface area contributed by atoms with Gasteiger partial charge in [-0.15, -0.1) is 0 Å². The Morgan fingerprint density at radius 3 is 2.94 bits per heavy atom. The van der Waals surface area contributed by atoms with E-state index in [0.29, 0.717) is 5.69 Å². The number of H-pyrrole nitrogens is 1. The van der Waals surface area contributed by atoms with Crippen LogP contribution in [0.4, 0.5) is 4.39 Å². The summed E-state index contributed by atoms with van der Waals surface area (Å²) in [6, 6.07) is 5.39. The maximum absolute atomic E-state index is 13.3. The molecule has 1 heterocycles. The summed E-state index contributed by atoms with van der Waals surface area (Å²) >= 11 is 0. The minimum absolute atomic E-state index is 0.187. The van der Waals surface area contributed by atoms with Gasteiger partial charge in [-0.2, -0.15) is 5.10 Å². The minimum atomic E-state index is -0.757. The molecule has 2 aromatic rings. The molecular weight excluding hydrogens is 225 g/mol. The highest BCUT2D eigenvalue weighted by Gasteiger charge is 2.15. The van der Waals surface area contributed by atoms with Gasteiger partial charge in [-0.1, -0.05) is 6.07 Å². The van der Waals surface area contributed by atoms with Crippen LogP contribution in [0.5, 0.6) is 5.75 Å². The lowest BCUT2D eigenvalue weighted by atomic mass is 10.1. The van der Waals surface area contributed by atoms with Crippen molar-refractivity contribution >= 4 is 5.91 Å². The van der Waals surface area contributed by atoms with Crippen molar-refractivity contribution in [2.75, 3.05) is 0 Å². The summed E-state index contributed by atoms with van der Waals surface area (Å²) in [6.45, 7) is 0.187. The summed E-state index contributed by atoms with van der Waals surface area (Å²) in [5, 5.41) is 18.2. The van der Waals surface area contributed by atoms with Crippen LogP contribution in [0.15, 0.2) is 30.5 Å². The second-order valence-electron chi connectivity index (χ2n) is 3.40. The molecule has 0 aliphatic heterocycles. The molecule has 1 aromatic carbocycles. The number of hydrogen-bond donors (Lipinski definition) is 3. The van der Waals surface area contributed by atoms with E-state index in [1.165, 1.54) is 12.1 Å². The predicted octanol–water partition coefficient (Wildman–Crippen LogP) is 1.18. The Morgan fingerprint density at radius 2 is 2.29 bits per heavy atom. The number of hydrogen-bond acceptors (Lipinski definition) is 3. The number of aromatic nitrogens is 2. The van der Waals surface area contributed by atoms with Crippen LogP contribution in [0, 0.1) is 5.82 Å². The average molecular weight is 235 g/mol. The van der Waals surface area contributed by atoms with Crippen LogP contribution >= 0.6 is 0 Å². The highest BCUT2D eigenvalue weighted by molar-refractivity contribution is 5.96. The Morgan fingerprint density at radius 1 is 1.47 bits per heavy atom. The van der Waals surface area contributed by atoms with Crippen LogP contribution in [0.3, 0.4) is 0 Å². The molecule has 3 N–H and O–H groups in total. The highest BCUT2D eigenvalue weighted by atomic mass is 19.1. The summed E-state index contributed by atoms with van der Waals surface area (Å²) in [5.41, 5.74) is 0.334. The molecule has 5 nitrogen and oxygen atoms in total. The standard InChI is InChI=1S/C11H10FN3O2/c12-8-2-1-3-9(16)10(8)11(17)13-6-7-4-5-14-15-7/h1-5,16H,6H2,(H,13,17)(H,14,15). The second kappa shape index (κ2) is 4.65. The third kappa shape index (κ3) is 2.41. The van der Waals surface area contributed by atoms with E-state index in [0.717, 1.165) is 6.07 Å². The average Bonchev–Trinajstić information content (AvgIpc) is 2.79. The number of aromatic amines is 1. The van der Waals surface area contributed by atoms with Crippen molar-refractivity contribution in [1.29, 1.82) is 0 Å². The first-order valence-electron chi connectivity index (χ1n) is 4.92. The molecule has 0 bridgehead atoms. The molecule has 1 aromatic heterocycles. The Labute approximate surface area is 96.3 Å². The monoisotopic (exact) mass is 235 g/mol. The van der Waals surface area contributed by atoms with Gasteiger partial charge in [-0.25, -0.2) is 4.39 Å². The minimum Gasteiger partial charge on any atom is -0.507 e. The number of phenols is 1. The SMILES string of the molecule is O=C(NCc1ccn[nH]1)c1c(O)cccc1F. The Balaban J connectivity index is 2.10. The summed E-state index contributed by atoms with van der Waals surface area (Å²) in [5.74, 6) is -1.81. The molecule has 0 spiro atoms. The molecule has 0 aliphatic carbocycles. The van der Waals surface area contributed by atoms with E-state index in [4.69, 9.17) is 0 Å². The van der Waals surface area contributed by atoms with Gasteiger partial charge in [0.2, 0.25) is 0 Å². The number of carbonyl (C=O) groups is 1. The van der Waals surface area contributed by atoms with E-state index in [1.54, 1.807) is 12.3 Å². The van der Waals surface area contributed by atoms with Crippen molar-refractivity contribution in [3.63, 3.8) is 0 Å². The Bertz CT molecular complexity index is 505. The number of phenolic OH excluding ortho intramolecular Hbond substituents is 1. The van der Waals surface area contributed by atoms with Gasteiger partial charge in [-0.05, 0) is 18.2 Å². The number of nitrogens with one attached hydrogen (secondary N) is 2. The van der Waals surface area contributed by atoms with Crippen molar-refractivity contribution in [2.45, 2.75) is 6.54 Å². The number of amides is 1. The van der Waals surface area contributed by atoms with Crippen molar-refractivity contribution < 1.29 is 14.3 Å². The van der Waals surface area contributed by atoms with Crippen molar-refractivity contribution in [3.8, 4) is 5.75 Å². The number of halogens is 1. The van der Waals surface area contributed by atoms with Gasteiger partial charge in [0.05, 0.1) is 12.2 Å². The van der Waals surface area contributed by atoms with Gasteiger partial charge in [0.1, 0.15) is 17.1 Å². The lowest BCUT2D eigenvalue weighted by Gasteiger charge is -2.06. The molecule has 2 rings (SSSR count). The third-order valence-corrected chi connectivity index (χ3v) is 2.22. The van der Waals surface area contributed by atoms with Crippen molar-refractivity contribution in [1.82, 2.24) is 15.5 Å². The van der Waals surface area contributed by atoms with Crippen LogP contribution < -0.4 is 5.32 Å². The summed E-state index contributed by atoms with van der Waals surface area (Å²) in [6.07, 6.45) is 1.54. The van der Waals surface area contributed by atoms with E-state index in [2.05, 4.69) is 15.5 Å². The van der Waals surface area contributed by atoms with Crippen LogP contribution in [-0.4, -0.2) is 21.2 Å². The fraction of sp³-hybridized carbons (Fsp3) is 0.0909. The van der Waals surface area contributed by atoms with Crippen LogP contribution in [0.1, 0.15) is 16.1 Å². The summed E-state index contributed by atoms with van der Waals surface area (Å²) < 4.78 is 13.3. The van der Waals surface area contributed by atoms with Crippen LogP contribution in [0.25, 0.3) is 0 Å². The van der Waals surface area contributed by atoms with Gasteiger partial charge < -0.3 is 10.4 Å². The molecular formula is C11H10FN3O2. The van der Waals surface area contributed by atoms with Crippen molar-refractivity contribution in [2.24, 2.45) is 0 Å². The zero-order valence-corrected chi connectivity index (χ0v) is 8.77. The van der Waals surface area contributed by atoms with E-state index < -0.39 is 11.7 Å². The van der Waals surface area contributed by atoms with Gasteiger partial charge >= 0.3 is 0 Å². The molecule has 88 valence electrons. The molecule has 17 heavy (non-hydrogen) atoms. The lowest BCUT2D eigenvalue weighted by Crippen LogP contribution is -2.24. The molecule has 0 fully saturated rings. The summed E-state index contributed by atoms with van der Waals surface area (Å²) in [7, 11) is 0. The number of carbonyl (C=O) groups excluding carboxylic acids is 1. The maximum Gasteiger partial charge on any atom is 0.258 e. The molecule has 0 radical (unpaired) electrons. The topological polar surface area (TPSA) is 78.0 Å². The maximum atomic E-state index is 13.3. The first kappa shape index (κ1) is 11.1. The lowest BCUT2D eigenvalue weighted by molar-refractivity contribution is 0.0943.